The van der Waals surface area contributed by atoms with Crippen LogP contribution in [0, 0.1) is 5.82 Å². The van der Waals surface area contributed by atoms with Crippen molar-refractivity contribution in [3.63, 3.8) is 0 Å². The SMILES string of the molecule is C=CCN(CCOC)c1cc(F)cc(C=O)c1. The summed E-state index contributed by atoms with van der Waals surface area (Å²) in [5.41, 5.74) is 0.982. The van der Waals surface area contributed by atoms with Crippen LogP contribution in [0.15, 0.2) is 30.9 Å². The van der Waals surface area contributed by atoms with Gasteiger partial charge in [0.15, 0.2) is 0 Å². The van der Waals surface area contributed by atoms with E-state index in [0.717, 1.165) is 0 Å². The van der Waals surface area contributed by atoms with E-state index in [-0.39, 0.29) is 0 Å². The van der Waals surface area contributed by atoms with E-state index in [1.54, 1.807) is 19.3 Å². The van der Waals surface area contributed by atoms with E-state index in [1.807, 2.05) is 4.90 Å². The number of hydrogen-bond acceptors (Lipinski definition) is 3. The summed E-state index contributed by atoms with van der Waals surface area (Å²) in [6.07, 6.45) is 2.36. The van der Waals surface area contributed by atoms with E-state index in [2.05, 4.69) is 6.58 Å². The molecule has 0 unspecified atom stereocenters. The summed E-state index contributed by atoms with van der Waals surface area (Å²) in [4.78, 5) is 12.6. The Morgan fingerprint density at radius 2 is 2.24 bits per heavy atom. The molecule has 1 rings (SSSR count). The van der Waals surface area contributed by atoms with Crippen molar-refractivity contribution in [2.75, 3.05) is 31.7 Å². The monoisotopic (exact) mass is 237 g/mol. The van der Waals surface area contributed by atoms with Gasteiger partial charge < -0.3 is 9.64 Å². The van der Waals surface area contributed by atoms with E-state index in [9.17, 15) is 9.18 Å². The smallest absolute Gasteiger partial charge is 0.150 e. The van der Waals surface area contributed by atoms with Crippen LogP contribution in [-0.4, -0.2) is 33.1 Å². The van der Waals surface area contributed by atoms with E-state index in [1.165, 1.54) is 12.1 Å². The fourth-order valence-electron chi connectivity index (χ4n) is 1.53. The van der Waals surface area contributed by atoms with Gasteiger partial charge in [-0.2, -0.15) is 0 Å². The van der Waals surface area contributed by atoms with E-state index < -0.39 is 5.82 Å². The van der Waals surface area contributed by atoms with Crippen molar-refractivity contribution in [1.82, 2.24) is 0 Å². The maximum absolute atomic E-state index is 13.3. The average Bonchev–Trinajstić information content (AvgIpc) is 2.33. The van der Waals surface area contributed by atoms with Gasteiger partial charge in [-0.25, -0.2) is 4.39 Å². The molecule has 17 heavy (non-hydrogen) atoms. The zero-order valence-electron chi connectivity index (χ0n) is 9.86. The highest BCUT2D eigenvalue weighted by atomic mass is 19.1. The van der Waals surface area contributed by atoms with E-state index in [0.29, 0.717) is 37.2 Å². The molecule has 0 aliphatic carbocycles. The molecule has 92 valence electrons. The second-order valence-electron chi connectivity index (χ2n) is 3.59. The number of methoxy groups -OCH3 is 1. The lowest BCUT2D eigenvalue weighted by Gasteiger charge is -2.23. The zero-order chi connectivity index (χ0) is 12.7. The number of hydrogen-bond donors (Lipinski definition) is 0. The Labute approximate surface area is 100 Å². The van der Waals surface area contributed by atoms with Crippen LogP contribution in [-0.2, 0) is 4.74 Å². The lowest BCUT2D eigenvalue weighted by atomic mass is 10.2. The average molecular weight is 237 g/mol. The van der Waals surface area contributed by atoms with Gasteiger partial charge in [-0.1, -0.05) is 6.08 Å². The molecular formula is C13H16FNO2. The van der Waals surface area contributed by atoms with Crippen LogP contribution in [0.5, 0.6) is 0 Å². The Morgan fingerprint density at radius 3 is 2.82 bits per heavy atom. The number of nitrogens with zero attached hydrogens (tertiary/aromatic N) is 1. The van der Waals surface area contributed by atoms with Gasteiger partial charge in [0.1, 0.15) is 12.1 Å². The molecule has 0 heterocycles. The number of carbonyl (C=O) groups is 1. The van der Waals surface area contributed by atoms with E-state index >= 15 is 0 Å². The first kappa shape index (κ1) is 13.4. The minimum Gasteiger partial charge on any atom is -0.383 e. The van der Waals surface area contributed by atoms with Gasteiger partial charge in [0, 0.05) is 31.5 Å². The molecule has 0 saturated carbocycles. The van der Waals surface area contributed by atoms with Crippen molar-refractivity contribution in [3.05, 3.63) is 42.2 Å². The lowest BCUT2D eigenvalue weighted by Crippen LogP contribution is -2.27. The number of halogens is 1. The first-order valence-corrected chi connectivity index (χ1v) is 5.31. The molecule has 0 saturated heterocycles. The van der Waals surface area contributed by atoms with Crippen LogP contribution in [0.1, 0.15) is 10.4 Å². The predicted molar refractivity (Wildman–Crippen MR) is 66.1 cm³/mol. The Bertz CT molecular complexity index is 393. The second kappa shape index (κ2) is 6.81. The van der Waals surface area contributed by atoms with Gasteiger partial charge in [0.2, 0.25) is 0 Å². The highest BCUT2D eigenvalue weighted by Crippen LogP contribution is 2.17. The largest absolute Gasteiger partial charge is 0.383 e. The lowest BCUT2D eigenvalue weighted by molar-refractivity contribution is 0.112. The van der Waals surface area contributed by atoms with Crippen LogP contribution in [0.25, 0.3) is 0 Å². The van der Waals surface area contributed by atoms with Crippen LogP contribution < -0.4 is 4.90 Å². The maximum Gasteiger partial charge on any atom is 0.150 e. The molecular weight excluding hydrogens is 221 g/mol. The summed E-state index contributed by atoms with van der Waals surface area (Å²) in [5.74, 6) is -0.420. The summed E-state index contributed by atoms with van der Waals surface area (Å²) in [5, 5.41) is 0. The Morgan fingerprint density at radius 1 is 1.47 bits per heavy atom. The van der Waals surface area contributed by atoms with Gasteiger partial charge >= 0.3 is 0 Å². The molecule has 0 spiro atoms. The summed E-state index contributed by atoms with van der Waals surface area (Å²) < 4.78 is 18.3. The number of benzene rings is 1. The first-order chi connectivity index (χ1) is 8.21. The molecule has 0 aromatic heterocycles. The summed E-state index contributed by atoms with van der Waals surface area (Å²) in [7, 11) is 1.61. The topological polar surface area (TPSA) is 29.5 Å². The fraction of sp³-hybridized carbons (Fsp3) is 0.308. The van der Waals surface area contributed by atoms with Crippen molar-refractivity contribution >= 4 is 12.0 Å². The molecule has 0 aliphatic rings. The molecule has 1 aromatic rings. The van der Waals surface area contributed by atoms with Gasteiger partial charge in [-0.15, -0.1) is 6.58 Å². The van der Waals surface area contributed by atoms with Crippen LogP contribution in [0.4, 0.5) is 10.1 Å². The minimum absolute atomic E-state index is 0.325. The third kappa shape index (κ3) is 4.00. The maximum atomic E-state index is 13.3. The highest BCUT2D eigenvalue weighted by Gasteiger charge is 2.07. The van der Waals surface area contributed by atoms with Crippen LogP contribution >= 0.6 is 0 Å². The molecule has 0 N–H and O–H groups in total. The zero-order valence-corrected chi connectivity index (χ0v) is 9.86. The number of rotatable bonds is 7. The van der Waals surface area contributed by atoms with E-state index in [4.69, 9.17) is 4.74 Å². The Balaban J connectivity index is 2.94. The quantitative estimate of drug-likeness (QED) is 0.538. The molecule has 3 nitrogen and oxygen atoms in total. The van der Waals surface area contributed by atoms with Gasteiger partial charge in [-0.05, 0) is 18.2 Å². The third-order valence-electron chi connectivity index (χ3n) is 2.32. The third-order valence-corrected chi connectivity index (χ3v) is 2.32. The minimum atomic E-state index is -0.420. The predicted octanol–water partition coefficient (Wildman–Crippen LogP) is 2.28. The van der Waals surface area contributed by atoms with Gasteiger partial charge in [0.25, 0.3) is 0 Å². The second-order valence-corrected chi connectivity index (χ2v) is 3.59. The Hall–Kier alpha value is -1.68. The Kier molecular flexibility index (Phi) is 5.36. The van der Waals surface area contributed by atoms with Crippen LogP contribution in [0.2, 0.25) is 0 Å². The molecule has 0 radical (unpaired) electrons. The number of aldehydes is 1. The molecule has 0 amide bonds. The van der Waals surface area contributed by atoms with Gasteiger partial charge in [0.05, 0.1) is 6.61 Å². The summed E-state index contributed by atoms with van der Waals surface area (Å²) >= 11 is 0. The van der Waals surface area contributed by atoms with Crippen molar-refractivity contribution in [2.45, 2.75) is 0 Å². The standard InChI is InChI=1S/C13H16FNO2/c1-3-4-15(5-6-17-2)13-8-11(10-16)7-12(14)9-13/h3,7-10H,1,4-6H2,2H3. The summed E-state index contributed by atoms with van der Waals surface area (Å²) in [6, 6.07) is 4.25. The highest BCUT2D eigenvalue weighted by molar-refractivity contribution is 5.77. The molecule has 0 atom stereocenters. The molecule has 0 fully saturated rings. The van der Waals surface area contributed by atoms with Gasteiger partial charge in [-0.3, -0.25) is 4.79 Å². The first-order valence-electron chi connectivity index (χ1n) is 5.31. The number of anilines is 1. The molecule has 4 heteroatoms. The summed E-state index contributed by atoms with van der Waals surface area (Å²) in [6.45, 7) is 5.37. The molecule has 1 aromatic carbocycles. The van der Waals surface area contributed by atoms with Crippen molar-refractivity contribution < 1.29 is 13.9 Å². The van der Waals surface area contributed by atoms with Crippen LogP contribution in [0.3, 0.4) is 0 Å². The normalized spacial score (nSPS) is 10.0. The van der Waals surface area contributed by atoms with Crippen molar-refractivity contribution in [1.29, 1.82) is 0 Å². The number of ether oxygens (including phenoxy) is 1. The van der Waals surface area contributed by atoms with Crippen molar-refractivity contribution in [2.24, 2.45) is 0 Å². The fourth-order valence-corrected chi connectivity index (χ4v) is 1.53. The molecule has 0 bridgehead atoms. The van der Waals surface area contributed by atoms with Crippen molar-refractivity contribution in [3.8, 4) is 0 Å². The molecule has 0 aliphatic heterocycles. The number of carbonyl (C=O) groups excluding carboxylic acids is 1.